The van der Waals surface area contributed by atoms with Crippen LogP contribution < -0.4 is 10.6 Å². The molecule has 1 rings (SSSR count). The van der Waals surface area contributed by atoms with Crippen molar-refractivity contribution in [3.05, 3.63) is 33.8 Å². The number of hydrogen-bond acceptors (Lipinski definition) is 2. The molecule has 1 atom stereocenters. The third-order valence-electron chi connectivity index (χ3n) is 2.90. The van der Waals surface area contributed by atoms with Gasteiger partial charge in [0.2, 0.25) is 5.91 Å². The van der Waals surface area contributed by atoms with Crippen LogP contribution in [-0.2, 0) is 11.3 Å². The minimum Gasteiger partial charge on any atom is -0.354 e. The lowest BCUT2D eigenvalue weighted by molar-refractivity contribution is -0.121. The first-order chi connectivity index (χ1) is 9.04. The highest BCUT2D eigenvalue weighted by atomic mass is 35.5. The minimum absolute atomic E-state index is 0.0686. The molecule has 0 aliphatic heterocycles. The van der Waals surface area contributed by atoms with Crippen LogP contribution >= 0.6 is 23.2 Å². The highest BCUT2D eigenvalue weighted by Crippen LogP contribution is 2.25. The van der Waals surface area contributed by atoms with Gasteiger partial charge in [-0.25, -0.2) is 0 Å². The second kappa shape index (κ2) is 8.41. The van der Waals surface area contributed by atoms with Crippen LogP contribution in [0.2, 0.25) is 10.0 Å². The normalized spacial score (nSPS) is 12.2. The van der Waals surface area contributed by atoms with Gasteiger partial charge in [-0.05, 0) is 25.0 Å². The molecule has 1 amide bonds. The number of rotatable bonds is 7. The van der Waals surface area contributed by atoms with Gasteiger partial charge in [-0.15, -0.1) is 0 Å². The molecule has 106 valence electrons. The van der Waals surface area contributed by atoms with E-state index in [-0.39, 0.29) is 11.9 Å². The van der Waals surface area contributed by atoms with Crippen molar-refractivity contribution in [2.75, 3.05) is 6.54 Å². The van der Waals surface area contributed by atoms with E-state index in [9.17, 15) is 4.79 Å². The van der Waals surface area contributed by atoms with Crippen LogP contribution in [0.25, 0.3) is 0 Å². The van der Waals surface area contributed by atoms with Crippen molar-refractivity contribution in [2.45, 2.75) is 39.3 Å². The number of hydrogen-bond donors (Lipinski definition) is 2. The molecule has 1 unspecified atom stereocenters. The molecule has 0 saturated carbocycles. The highest BCUT2D eigenvalue weighted by Gasteiger charge is 2.06. The van der Waals surface area contributed by atoms with Gasteiger partial charge in [0.25, 0.3) is 0 Å². The molecule has 3 nitrogen and oxygen atoms in total. The van der Waals surface area contributed by atoms with Gasteiger partial charge in [-0.1, -0.05) is 42.3 Å². The molecule has 0 spiro atoms. The van der Waals surface area contributed by atoms with E-state index in [1.807, 2.05) is 26.0 Å². The number of nitrogens with one attached hydrogen (secondary N) is 2. The SMILES string of the molecule is CCC(C)NC(=O)CCNCc1cccc(Cl)c1Cl. The van der Waals surface area contributed by atoms with E-state index < -0.39 is 0 Å². The van der Waals surface area contributed by atoms with Crippen molar-refractivity contribution >= 4 is 29.1 Å². The molecule has 1 aromatic rings. The number of halogens is 2. The van der Waals surface area contributed by atoms with E-state index in [0.29, 0.717) is 29.6 Å². The molecule has 0 aliphatic rings. The highest BCUT2D eigenvalue weighted by molar-refractivity contribution is 6.42. The van der Waals surface area contributed by atoms with Crippen molar-refractivity contribution in [1.29, 1.82) is 0 Å². The summed E-state index contributed by atoms with van der Waals surface area (Å²) >= 11 is 12.0. The standard InChI is InChI=1S/C14H20Cl2N2O/c1-3-10(2)18-13(19)7-8-17-9-11-5-4-6-12(15)14(11)16/h4-6,10,17H,3,7-9H2,1-2H3,(H,18,19). The van der Waals surface area contributed by atoms with E-state index in [1.165, 1.54) is 0 Å². The van der Waals surface area contributed by atoms with Gasteiger partial charge < -0.3 is 10.6 Å². The summed E-state index contributed by atoms with van der Waals surface area (Å²) < 4.78 is 0. The summed E-state index contributed by atoms with van der Waals surface area (Å²) in [5.74, 6) is 0.0686. The Balaban J connectivity index is 2.27. The zero-order chi connectivity index (χ0) is 14.3. The Morgan fingerprint density at radius 3 is 2.79 bits per heavy atom. The topological polar surface area (TPSA) is 41.1 Å². The van der Waals surface area contributed by atoms with Crippen LogP contribution in [0.1, 0.15) is 32.3 Å². The number of carbonyl (C=O) groups excluding carboxylic acids is 1. The fourth-order valence-corrected chi connectivity index (χ4v) is 1.95. The summed E-state index contributed by atoms with van der Waals surface area (Å²) in [6.07, 6.45) is 1.40. The Morgan fingerprint density at radius 1 is 1.37 bits per heavy atom. The van der Waals surface area contributed by atoms with E-state index >= 15 is 0 Å². The van der Waals surface area contributed by atoms with Crippen LogP contribution in [0, 0.1) is 0 Å². The lowest BCUT2D eigenvalue weighted by Crippen LogP contribution is -2.33. The van der Waals surface area contributed by atoms with Gasteiger partial charge in [-0.2, -0.15) is 0 Å². The zero-order valence-electron chi connectivity index (χ0n) is 11.3. The maximum Gasteiger partial charge on any atom is 0.221 e. The Morgan fingerprint density at radius 2 is 2.11 bits per heavy atom. The minimum atomic E-state index is 0.0686. The second-order valence-electron chi connectivity index (χ2n) is 4.52. The van der Waals surface area contributed by atoms with Gasteiger partial charge in [0.15, 0.2) is 0 Å². The molecule has 0 fully saturated rings. The second-order valence-corrected chi connectivity index (χ2v) is 5.30. The van der Waals surface area contributed by atoms with Gasteiger partial charge in [0.1, 0.15) is 0 Å². The average Bonchev–Trinajstić information content (AvgIpc) is 2.39. The Bertz CT molecular complexity index is 424. The fourth-order valence-electron chi connectivity index (χ4n) is 1.56. The molecule has 2 N–H and O–H groups in total. The number of benzene rings is 1. The average molecular weight is 303 g/mol. The summed E-state index contributed by atoms with van der Waals surface area (Å²) in [7, 11) is 0. The summed E-state index contributed by atoms with van der Waals surface area (Å²) in [5, 5.41) is 7.23. The fraction of sp³-hybridized carbons (Fsp3) is 0.500. The first kappa shape index (κ1) is 16.3. The van der Waals surface area contributed by atoms with Crippen molar-refractivity contribution in [1.82, 2.24) is 10.6 Å². The van der Waals surface area contributed by atoms with Crippen molar-refractivity contribution in [3.63, 3.8) is 0 Å². The predicted octanol–water partition coefficient (Wildman–Crippen LogP) is 3.39. The molecule has 0 bridgehead atoms. The van der Waals surface area contributed by atoms with Crippen LogP contribution in [0.5, 0.6) is 0 Å². The molecule has 0 aliphatic carbocycles. The summed E-state index contributed by atoms with van der Waals surface area (Å²) in [6, 6.07) is 5.77. The van der Waals surface area contributed by atoms with E-state index in [4.69, 9.17) is 23.2 Å². The Kier molecular flexibility index (Phi) is 7.21. The molecule has 0 heterocycles. The van der Waals surface area contributed by atoms with Crippen LogP contribution in [0.3, 0.4) is 0 Å². The predicted molar refractivity (Wildman–Crippen MR) is 80.7 cm³/mol. The van der Waals surface area contributed by atoms with E-state index in [1.54, 1.807) is 6.07 Å². The molecule has 0 radical (unpaired) electrons. The number of carbonyl (C=O) groups is 1. The lowest BCUT2D eigenvalue weighted by Gasteiger charge is -2.12. The number of amides is 1. The maximum absolute atomic E-state index is 11.5. The van der Waals surface area contributed by atoms with Gasteiger partial charge in [-0.3, -0.25) is 4.79 Å². The maximum atomic E-state index is 11.5. The van der Waals surface area contributed by atoms with Gasteiger partial charge in [0, 0.05) is 25.6 Å². The first-order valence-corrected chi connectivity index (χ1v) is 7.23. The van der Waals surface area contributed by atoms with Crippen molar-refractivity contribution in [2.24, 2.45) is 0 Å². The molecule has 5 heteroatoms. The molecule has 0 saturated heterocycles. The van der Waals surface area contributed by atoms with Crippen molar-refractivity contribution < 1.29 is 4.79 Å². The zero-order valence-corrected chi connectivity index (χ0v) is 12.8. The summed E-state index contributed by atoms with van der Waals surface area (Å²) in [6.45, 7) is 5.27. The molecule has 19 heavy (non-hydrogen) atoms. The van der Waals surface area contributed by atoms with Gasteiger partial charge >= 0.3 is 0 Å². The molecule has 1 aromatic carbocycles. The molecule has 0 aromatic heterocycles. The Hall–Kier alpha value is -0.770. The third-order valence-corrected chi connectivity index (χ3v) is 3.75. The molecular weight excluding hydrogens is 283 g/mol. The van der Waals surface area contributed by atoms with Crippen LogP contribution in [-0.4, -0.2) is 18.5 Å². The smallest absolute Gasteiger partial charge is 0.221 e. The summed E-state index contributed by atoms with van der Waals surface area (Å²) in [4.78, 5) is 11.5. The third kappa shape index (κ3) is 5.81. The van der Waals surface area contributed by atoms with E-state index in [2.05, 4.69) is 10.6 Å². The van der Waals surface area contributed by atoms with Gasteiger partial charge in [0.05, 0.1) is 10.0 Å². The van der Waals surface area contributed by atoms with E-state index in [0.717, 1.165) is 12.0 Å². The summed E-state index contributed by atoms with van der Waals surface area (Å²) in [5.41, 5.74) is 0.941. The first-order valence-electron chi connectivity index (χ1n) is 6.47. The van der Waals surface area contributed by atoms with Crippen LogP contribution in [0.4, 0.5) is 0 Å². The molecular formula is C14H20Cl2N2O. The van der Waals surface area contributed by atoms with Crippen LogP contribution in [0.15, 0.2) is 18.2 Å². The van der Waals surface area contributed by atoms with Crippen molar-refractivity contribution in [3.8, 4) is 0 Å². The Labute approximate surface area is 124 Å². The lowest BCUT2D eigenvalue weighted by atomic mass is 10.2. The largest absolute Gasteiger partial charge is 0.354 e. The quantitative estimate of drug-likeness (QED) is 0.758. The monoisotopic (exact) mass is 302 g/mol.